The first-order valence-electron chi connectivity index (χ1n) is 31.3. The number of nitrogens with zero attached hydrogens (tertiary/aromatic N) is 3. The molecule has 0 spiro atoms. The molecule has 84 heavy (non-hydrogen) atoms. The number of fused-ring (bicyclic) bond motifs is 7. The first-order chi connectivity index (χ1) is 39.9. The van der Waals surface area contributed by atoms with Crippen molar-refractivity contribution in [1.29, 1.82) is 0 Å². The lowest BCUT2D eigenvalue weighted by Crippen LogP contribution is -2.61. The average Bonchev–Trinajstić information content (AvgIpc) is 1.56. The molecule has 3 nitrogen and oxygen atoms in total. The lowest BCUT2D eigenvalue weighted by Gasteiger charge is -2.51. The van der Waals surface area contributed by atoms with Crippen LogP contribution in [0, 0.1) is 0 Å². The van der Waals surface area contributed by atoms with Crippen LogP contribution in [-0.4, -0.2) is 12.3 Å². The molecule has 4 aliphatic rings. The van der Waals surface area contributed by atoms with Crippen molar-refractivity contribution in [2.75, 3.05) is 14.7 Å². The van der Waals surface area contributed by atoms with Crippen molar-refractivity contribution in [3.05, 3.63) is 256 Å². The van der Waals surface area contributed by atoms with Crippen LogP contribution >= 0.6 is 0 Å². The van der Waals surface area contributed by atoms with Gasteiger partial charge in [0.25, 0.3) is 6.71 Å². The van der Waals surface area contributed by atoms with Gasteiger partial charge in [-0.15, -0.1) is 0 Å². The summed E-state index contributed by atoms with van der Waals surface area (Å²) in [5.74, 6) is 0. The largest absolute Gasteiger partial charge is 0.334 e. The third-order valence-electron chi connectivity index (χ3n) is 20.4. The molecule has 3 aliphatic heterocycles. The van der Waals surface area contributed by atoms with Gasteiger partial charge in [0.05, 0.1) is 5.54 Å². The van der Waals surface area contributed by atoms with Crippen molar-refractivity contribution >= 4 is 68.6 Å². The van der Waals surface area contributed by atoms with E-state index in [0.29, 0.717) is 0 Å². The van der Waals surface area contributed by atoms with Crippen molar-refractivity contribution in [2.45, 2.75) is 167 Å². The van der Waals surface area contributed by atoms with E-state index in [2.05, 4.69) is 318 Å². The van der Waals surface area contributed by atoms with Crippen LogP contribution in [-0.2, 0) is 38.9 Å². The van der Waals surface area contributed by atoms with Crippen LogP contribution in [0.15, 0.2) is 206 Å². The van der Waals surface area contributed by atoms with Gasteiger partial charge in [0, 0.05) is 56.3 Å². The lowest BCUT2D eigenvalue weighted by atomic mass is 9.33. The molecule has 3 heterocycles. The van der Waals surface area contributed by atoms with E-state index in [0.717, 1.165) is 19.3 Å². The highest BCUT2D eigenvalue weighted by Gasteiger charge is 2.58. The van der Waals surface area contributed by atoms with Crippen molar-refractivity contribution in [1.82, 2.24) is 0 Å². The van der Waals surface area contributed by atoms with E-state index in [1.54, 1.807) is 0 Å². The van der Waals surface area contributed by atoms with Gasteiger partial charge in [0.1, 0.15) is 0 Å². The van der Waals surface area contributed by atoms with E-state index in [4.69, 9.17) is 0 Å². The second kappa shape index (κ2) is 19.8. The van der Waals surface area contributed by atoms with Gasteiger partial charge in [-0.2, -0.15) is 0 Å². The van der Waals surface area contributed by atoms with Gasteiger partial charge >= 0.3 is 0 Å². The van der Waals surface area contributed by atoms with E-state index in [1.165, 1.54) is 125 Å². The number of anilines is 8. The molecule has 0 aromatic heterocycles. The summed E-state index contributed by atoms with van der Waals surface area (Å²) >= 11 is 0. The first-order valence-corrected chi connectivity index (χ1v) is 31.3. The molecule has 0 radical (unpaired) electrons. The van der Waals surface area contributed by atoms with E-state index in [9.17, 15) is 0 Å². The number of rotatable bonds is 8. The summed E-state index contributed by atoms with van der Waals surface area (Å²) in [6, 6.07) is 80.6. The average molecular weight is 1100 g/mol. The van der Waals surface area contributed by atoms with E-state index in [-0.39, 0.29) is 39.3 Å². The highest BCUT2D eigenvalue weighted by molar-refractivity contribution is 7.00. The van der Waals surface area contributed by atoms with E-state index < -0.39 is 5.41 Å². The molecule has 0 bridgehead atoms. The smallest absolute Gasteiger partial charge is 0.252 e. The van der Waals surface area contributed by atoms with Crippen molar-refractivity contribution in [3.63, 3.8) is 0 Å². The summed E-state index contributed by atoms with van der Waals surface area (Å²) in [4.78, 5) is 8.21. The Morgan fingerprint density at radius 3 is 1.23 bits per heavy atom. The third-order valence-corrected chi connectivity index (χ3v) is 20.4. The Kier molecular flexibility index (Phi) is 13.1. The van der Waals surface area contributed by atoms with Gasteiger partial charge in [-0.1, -0.05) is 255 Å². The highest BCUT2D eigenvalue weighted by atomic mass is 15.3. The monoisotopic (exact) mass is 1100 g/mol. The molecule has 0 saturated heterocycles. The Labute approximate surface area is 503 Å². The molecule has 0 N–H and O–H groups in total. The SMILES string of the molecule is CC(C)(C)c1cccc(N2c3cc(C(C)(C)C)ccc3B3c4ccc(C(C)(C)C)cc4N(c4cccc(C(C)(C)C)c4)c4cc(N5c6ccc(CC(c7ccccc7)(c7ccccc7)c7ccccc7)cc6C6(C)CCCCC56C)cc2c43)c1. The first kappa shape index (κ1) is 55.6. The molecule has 424 valence electrons. The van der Waals surface area contributed by atoms with Crippen molar-refractivity contribution in [2.24, 2.45) is 0 Å². The Morgan fingerprint density at radius 1 is 0.369 bits per heavy atom. The maximum Gasteiger partial charge on any atom is 0.252 e. The predicted molar refractivity (Wildman–Crippen MR) is 361 cm³/mol. The molecule has 13 rings (SSSR count). The predicted octanol–water partition coefficient (Wildman–Crippen LogP) is 19.3. The van der Waals surface area contributed by atoms with Gasteiger partial charge in [-0.05, 0) is 169 Å². The zero-order chi connectivity index (χ0) is 58.9. The van der Waals surface area contributed by atoms with Gasteiger partial charge in [0.2, 0.25) is 0 Å². The summed E-state index contributed by atoms with van der Waals surface area (Å²) in [6.45, 7) is 33.5. The Morgan fingerprint density at radius 2 is 0.786 bits per heavy atom. The number of benzene rings is 9. The third kappa shape index (κ3) is 8.90. The standard InChI is InChI=1S/C80H86BN3/c1-74(2,3)58-34-26-36-62(47-58)82-69-49-60(76(7,8)9)39-41-66(69)81-67-42-40-61(77(10,11)12)50-70(67)83(63-37-27-35-59(48-63)75(4,5)6)72-52-64(51-71(82)73(72)81)84-68-43-38-54(46-65(68)78(13)44-24-25-45-79(78,84)14)53-80(55-28-18-15-19-29-55,56-30-20-16-21-31-56)57-32-22-17-23-33-57/h15-23,26-43,46-52H,24-25,44-45,53H2,1-14H3. The molecule has 2 unspecified atom stereocenters. The fraction of sp³-hybridized carbons (Fsp3) is 0.325. The zero-order valence-corrected chi connectivity index (χ0v) is 52.6. The molecule has 2 atom stereocenters. The van der Waals surface area contributed by atoms with Gasteiger partial charge in [-0.3, -0.25) is 0 Å². The van der Waals surface area contributed by atoms with Gasteiger partial charge in [-0.25, -0.2) is 0 Å². The maximum atomic E-state index is 2.85. The Hall–Kier alpha value is -7.56. The minimum Gasteiger partial charge on any atom is -0.334 e. The second-order valence-corrected chi connectivity index (χ2v) is 29.8. The fourth-order valence-corrected chi connectivity index (χ4v) is 15.4. The van der Waals surface area contributed by atoms with Crippen LogP contribution < -0.4 is 31.1 Å². The normalized spacial score (nSPS) is 18.5. The molecule has 1 fully saturated rings. The quantitative estimate of drug-likeness (QED) is 0.111. The number of hydrogen-bond acceptors (Lipinski definition) is 3. The van der Waals surface area contributed by atoms with Crippen molar-refractivity contribution < 1.29 is 0 Å². The van der Waals surface area contributed by atoms with E-state index in [1.807, 2.05) is 0 Å². The minimum atomic E-state index is -0.418. The van der Waals surface area contributed by atoms with Crippen LogP contribution in [0.2, 0.25) is 0 Å². The van der Waals surface area contributed by atoms with Crippen LogP contribution in [0.5, 0.6) is 0 Å². The second-order valence-electron chi connectivity index (χ2n) is 29.8. The lowest BCUT2D eigenvalue weighted by molar-refractivity contribution is 0.195. The highest BCUT2D eigenvalue weighted by Crippen LogP contribution is 2.62. The van der Waals surface area contributed by atoms with Crippen LogP contribution in [0.3, 0.4) is 0 Å². The molecule has 0 amide bonds. The molecule has 1 saturated carbocycles. The summed E-state index contributed by atoms with van der Waals surface area (Å²) in [7, 11) is 0. The summed E-state index contributed by atoms with van der Waals surface area (Å²) in [6.07, 6.45) is 5.44. The molecule has 4 heteroatoms. The van der Waals surface area contributed by atoms with Crippen LogP contribution in [0.1, 0.15) is 173 Å². The topological polar surface area (TPSA) is 9.72 Å². The molecule has 9 aromatic rings. The maximum absolute atomic E-state index is 2.85. The summed E-state index contributed by atoms with van der Waals surface area (Å²) < 4.78 is 0. The van der Waals surface area contributed by atoms with Crippen LogP contribution in [0.25, 0.3) is 0 Å². The molecular formula is C80H86BN3. The summed E-state index contributed by atoms with van der Waals surface area (Å²) in [5.41, 5.74) is 25.1. The minimum absolute atomic E-state index is 0.00995. The van der Waals surface area contributed by atoms with Gasteiger partial charge < -0.3 is 14.7 Å². The molecular weight excluding hydrogens is 1010 g/mol. The molecule has 9 aromatic carbocycles. The fourth-order valence-electron chi connectivity index (χ4n) is 15.4. The zero-order valence-electron chi connectivity index (χ0n) is 52.6. The van der Waals surface area contributed by atoms with Gasteiger partial charge in [0.15, 0.2) is 0 Å². The molecule has 1 aliphatic carbocycles. The summed E-state index contributed by atoms with van der Waals surface area (Å²) in [5, 5.41) is 0. The Bertz CT molecular complexity index is 3740. The van der Waals surface area contributed by atoms with E-state index >= 15 is 0 Å². The number of hydrogen-bond donors (Lipinski definition) is 0. The Balaban J connectivity index is 1.11. The van der Waals surface area contributed by atoms with Crippen molar-refractivity contribution in [3.8, 4) is 0 Å². The van der Waals surface area contributed by atoms with Crippen LogP contribution in [0.4, 0.5) is 45.5 Å².